The molecule has 1 aromatic heterocycles. The van der Waals surface area contributed by atoms with E-state index in [1.807, 2.05) is 5.38 Å². The van der Waals surface area contributed by atoms with Crippen LogP contribution in [0, 0.1) is 0 Å². The molecule has 1 saturated heterocycles. The van der Waals surface area contributed by atoms with Crippen LogP contribution in [0.25, 0.3) is 0 Å². The molecule has 0 aliphatic carbocycles. The molecular weight excluding hydrogens is 224 g/mol. The van der Waals surface area contributed by atoms with Gasteiger partial charge in [-0.05, 0) is 24.3 Å². The Morgan fingerprint density at radius 3 is 2.93 bits per heavy atom. The summed E-state index contributed by atoms with van der Waals surface area (Å²) in [5, 5.41) is 11.3. The highest BCUT2D eigenvalue weighted by Gasteiger charge is 2.32. The van der Waals surface area contributed by atoms with Crippen LogP contribution in [0.1, 0.15) is 23.8 Å². The van der Waals surface area contributed by atoms with E-state index in [-0.39, 0.29) is 6.10 Å². The molecule has 0 radical (unpaired) electrons. The van der Waals surface area contributed by atoms with Crippen LogP contribution in [-0.4, -0.2) is 17.2 Å². The van der Waals surface area contributed by atoms with Crippen LogP contribution in [0.4, 0.5) is 0 Å². The van der Waals surface area contributed by atoms with Crippen LogP contribution in [0.3, 0.4) is 0 Å². The van der Waals surface area contributed by atoms with Crippen LogP contribution in [0.15, 0.2) is 11.4 Å². The first-order valence-corrected chi connectivity index (χ1v) is 5.55. The summed E-state index contributed by atoms with van der Waals surface area (Å²) in [5.74, 6) is -0.889. The SMILES string of the molecule is O=C(O)C1CCC(c2sccc2Cl)O1. The van der Waals surface area contributed by atoms with Crippen molar-refractivity contribution in [3.8, 4) is 0 Å². The minimum Gasteiger partial charge on any atom is -0.479 e. The summed E-state index contributed by atoms with van der Waals surface area (Å²) in [6.07, 6.45) is 0.493. The Kier molecular flexibility index (Phi) is 2.76. The second-order valence-corrected chi connectivity index (χ2v) is 4.52. The lowest BCUT2D eigenvalue weighted by Crippen LogP contribution is -2.18. The predicted octanol–water partition coefficient (Wildman–Crippen LogP) is 2.71. The largest absolute Gasteiger partial charge is 0.479 e. The average Bonchev–Trinajstić information content (AvgIpc) is 2.71. The molecule has 0 aromatic carbocycles. The zero-order valence-corrected chi connectivity index (χ0v) is 8.85. The van der Waals surface area contributed by atoms with Crippen molar-refractivity contribution in [3.63, 3.8) is 0 Å². The van der Waals surface area contributed by atoms with Crippen LogP contribution in [-0.2, 0) is 9.53 Å². The maximum absolute atomic E-state index is 10.6. The van der Waals surface area contributed by atoms with Gasteiger partial charge in [-0.15, -0.1) is 11.3 Å². The molecule has 14 heavy (non-hydrogen) atoms. The third-order valence-electron chi connectivity index (χ3n) is 2.23. The van der Waals surface area contributed by atoms with Crippen molar-refractivity contribution in [1.82, 2.24) is 0 Å². The number of carboxylic acid groups (broad SMARTS) is 1. The molecule has 1 N–H and O–H groups in total. The van der Waals surface area contributed by atoms with E-state index < -0.39 is 12.1 Å². The number of ether oxygens (including phenoxy) is 1. The van der Waals surface area contributed by atoms with Crippen molar-refractivity contribution in [1.29, 1.82) is 0 Å². The number of carbonyl (C=O) groups is 1. The van der Waals surface area contributed by atoms with Crippen LogP contribution in [0.2, 0.25) is 5.02 Å². The van der Waals surface area contributed by atoms with Crippen LogP contribution >= 0.6 is 22.9 Å². The molecule has 0 saturated carbocycles. The highest BCUT2D eigenvalue weighted by Crippen LogP contribution is 2.39. The lowest BCUT2D eigenvalue weighted by atomic mass is 10.2. The van der Waals surface area contributed by atoms with E-state index in [9.17, 15) is 4.79 Å². The minimum absolute atomic E-state index is 0.136. The van der Waals surface area contributed by atoms with Gasteiger partial charge in [0, 0.05) is 0 Å². The van der Waals surface area contributed by atoms with E-state index in [0.717, 1.165) is 11.3 Å². The number of carboxylic acids is 1. The van der Waals surface area contributed by atoms with Crippen molar-refractivity contribution in [2.75, 3.05) is 0 Å². The third-order valence-corrected chi connectivity index (χ3v) is 3.68. The van der Waals surface area contributed by atoms with Gasteiger partial charge >= 0.3 is 5.97 Å². The minimum atomic E-state index is -0.889. The summed E-state index contributed by atoms with van der Waals surface area (Å²) >= 11 is 7.44. The van der Waals surface area contributed by atoms with Crippen molar-refractivity contribution in [2.45, 2.75) is 25.0 Å². The Hall–Kier alpha value is -0.580. The quantitative estimate of drug-likeness (QED) is 0.853. The molecule has 3 nitrogen and oxygen atoms in total. The molecule has 0 bridgehead atoms. The Balaban J connectivity index is 2.10. The molecule has 76 valence electrons. The van der Waals surface area contributed by atoms with Gasteiger partial charge in [-0.3, -0.25) is 0 Å². The summed E-state index contributed by atoms with van der Waals surface area (Å²) in [7, 11) is 0. The molecule has 0 spiro atoms. The summed E-state index contributed by atoms with van der Waals surface area (Å²) in [4.78, 5) is 11.6. The highest BCUT2D eigenvalue weighted by molar-refractivity contribution is 7.10. The van der Waals surface area contributed by atoms with Crippen LogP contribution < -0.4 is 0 Å². The third kappa shape index (κ3) is 1.78. The summed E-state index contributed by atoms with van der Waals surface area (Å²) in [5.41, 5.74) is 0. The molecule has 1 fully saturated rings. The molecule has 1 aliphatic rings. The Morgan fingerprint density at radius 1 is 1.64 bits per heavy atom. The number of hydrogen-bond acceptors (Lipinski definition) is 3. The van der Waals surface area contributed by atoms with E-state index in [0.29, 0.717) is 11.4 Å². The van der Waals surface area contributed by atoms with Crippen molar-refractivity contribution >= 4 is 28.9 Å². The molecule has 2 heterocycles. The molecule has 0 amide bonds. The molecule has 5 heteroatoms. The fraction of sp³-hybridized carbons (Fsp3) is 0.444. The summed E-state index contributed by atoms with van der Waals surface area (Å²) < 4.78 is 5.37. The molecular formula is C9H9ClO3S. The van der Waals surface area contributed by atoms with Gasteiger partial charge in [-0.2, -0.15) is 0 Å². The first-order chi connectivity index (χ1) is 6.68. The van der Waals surface area contributed by atoms with Gasteiger partial charge in [0.25, 0.3) is 0 Å². The maximum atomic E-state index is 10.6. The van der Waals surface area contributed by atoms with Gasteiger partial charge < -0.3 is 9.84 Å². The van der Waals surface area contributed by atoms with Gasteiger partial charge in [-0.25, -0.2) is 4.79 Å². The Labute approximate surface area is 90.3 Å². The van der Waals surface area contributed by atoms with E-state index >= 15 is 0 Å². The van der Waals surface area contributed by atoms with Gasteiger partial charge in [0.15, 0.2) is 6.10 Å². The maximum Gasteiger partial charge on any atom is 0.332 e. The zero-order valence-electron chi connectivity index (χ0n) is 7.27. The molecule has 2 unspecified atom stereocenters. The smallest absolute Gasteiger partial charge is 0.332 e. The van der Waals surface area contributed by atoms with E-state index in [2.05, 4.69) is 0 Å². The second kappa shape index (κ2) is 3.88. The fourth-order valence-electron chi connectivity index (χ4n) is 1.55. The van der Waals surface area contributed by atoms with Crippen molar-refractivity contribution in [3.05, 3.63) is 21.3 Å². The van der Waals surface area contributed by atoms with Crippen molar-refractivity contribution < 1.29 is 14.6 Å². The molecule has 2 atom stereocenters. The van der Waals surface area contributed by atoms with E-state index in [4.69, 9.17) is 21.4 Å². The van der Waals surface area contributed by atoms with Gasteiger partial charge in [-0.1, -0.05) is 11.6 Å². The lowest BCUT2D eigenvalue weighted by molar-refractivity contribution is -0.149. The topological polar surface area (TPSA) is 46.5 Å². The van der Waals surface area contributed by atoms with Crippen LogP contribution in [0.5, 0.6) is 0 Å². The zero-order chi connectivity index (χ0) is 10.1. The van der Waals surface area contributed by atoms with Gasteiger partial charge in [0.05, 0.1) is 16.0 Å². The number of hydrogen-bond donors (Lipinski definition) is 1. The Morgan fingerprint density at radius 2 is 2.43 bits per heavy atom. The fourth-order valence-corrected chi connectivity index (χ4v) is 2.80. The predicted molar refractivity (Wildman–Crippen MR) is 53.8 cm³/mol. The molecule has 1 aliphatic heterocycles. The number of aliphatic carboxylic acids is 1. The number of rotatable bonds is 2. The monoisotopic (exact) mass is 232 g/mol. The molecule has 2 rings (SSSR count). The summed E-state index contributed by atoms with van der Waals surface area (Å²) in [6, 6.07) is 1.80. The first kappa shape index (κ1) is 9.96. The Bertz CT molecular complexity index is 350. The number of halogens is 1. The second-order valence-electron chi connectivity index (χ2n) is 3.16. The van der Waals surface area contributed by atoms with E-state index in [1.54, 1.807) is 6.07 Å². The average molecular weight is 233 g/mol. The molecule has 1 aromatic rings. The van der Waals surface area contributed by atoms with Gasteiger partial charge in [0.2, 0.25) is 0 Å². The lowest BCUT2D eigenvalue weighted by Gasteiger charge is -2.09. The van der Waals surface area contributed by atoms with Gasteiger partial charge in [0.1, 0.15) is 0 Å². The van der Waals surface area contributed by atoms with Crippen molar-refractivity contribution in [2.24, 2.45) is 0 Å². The first-order valence-electron chi connectivity index (χ1n) is 4.29. The standard InChI is InChI=1S/C9H9ClO3S/c10-5-3-4-14-8(5)6-1-2-7(13-6)9(11)12/h3-4,6-7H,1-2H2,(H,11,12). The summed E-state index contributed by atoms with van der Waals surface area (Å²) in [6.45, 7) is 0. The highest BCUT2D eigenvalue weighted by atomic mass is 35.5. The number of thiophene rings is 1. The van der Waals surface area contributed by atoms with E-state index in [1.165, 1.54) is 11.3 Å². The normalized spacial score (nSPS) is 26.6.